The molecule has 0 radical (unpaired) electrons. The summed E-state index contributed by atoms with van der Waals surface area (Å²) in [5.41, 5.74) is 4.50. The summed E-state index contributed by atoms with van der Waals surface area (Å²) in [5, 5.41) is 10.1. The predicted octanol–water partition coefficient (Wildman–Crippen LogP) is 5.75. The molecule has 0 atom stereocenters. The smallest absolute Gasteiger partial charge is 0.413 e. The van der Waals surface area contributed by atoms with E-state index in [2.05, 4.69) is 20.9 Å². The van der Waals surface area contributed by atoms with E-state index >= 15 is 0 Å². The van der Waals surface area contributed by atoms with Crippen molar-refractivity contribution in [2.24, 2.45) is 0 Å². The van der Waals surface area contributed by atoms with Gasteiger partial charge in [0.1, 0.15) is 18.1 Å². The largest absolute Gasteiger partial charge is 0.492 e. The number of hydrogen-bond acceptors (Lipinski definition) is 9. The van der Waals surface area contributed by atoms with Gasteiger partial charge in [-0.15, -0.1) is 0 Å². The molecule has 1 aliphatic carbocycles. The summed E-state index contributed by atoms with van der Waals surface area (Å²) in [5.74, 6) is 0.609. The minimum Gasteiger partial charge on any atom is -0.492 e. The van der Waals surface area contributed by atoms with E-state index in [9.17, 15) is 9.59 Å². The summed E-state index contributed by atoms with van der Waals surface area (Å²) >= 11 is 1.22. The van der Waals surface area contributed by atoms with E-state index in [4.69, 9.17) is 19.2 Å². The van der Waals surface area contributed by atoms with E-state index in [1.165, 1.54) is 11.3 Å². The third-order valence-corrected chi connectivity index (χ3v) is 8.45. The topological polar surface area (TPSA) is 114 Å². The zero-order valence-corrected chi connectivity index (χ0v) is 26.0. The second-order valence-electron chi connectivity index (χ2n) is 11.1. The van der Waals surface area contributed by atoms with E-state index in [-0.39, 0.29) is 11.9 Å². The van der Waals surface area contributed by atoms with Crippen LogP contribution in [0.4, 0.5) is 15.6 Å². The monoisotopic (exact) mass is 627 g/mol. The molecule has 234 valence electrons. The van der Waals surface area contributed by atoms with Crippen molar-refractivity contribution in [3.8, 4) is 22.1 Å². The van der Waals surface area contributed by atoms with Crippen molar-refractivity contribution >= 4 is 34.2 Å². The van der Waals surface area contributed by atoms with Crippen LogP contribution >= 0.6 is 11.3 Å². The van der Waals surface area contributed by atoms with Crippen LogP contribution in [0.5, 0.6) is 10.8 Å². The van der Waals surface area contributed by atoms with E-state index in [1.54, 1.807) is 0 Å². The van der Waals surface area contributed by atoms with E-state index in [0.29, 0.717) is 40.4 Å². The van der Waals surface area contributed by atoms with Gasteiger partial charge in [-0.1, -0.05) is 59.9 Å². The molecule has 10 nitrogen and oxygen atoms in total. The molecule has 45 heavy (non-hydrogen) atoms. The number of nitrogens with one attached hydrogen (secondary N) is 3. The van der Waals surface area contributed by atoms with Crippen molar-refractivity contribution < 1.29 is 23.8 Å². The standard InChI is InChI=1S/C34H37N5O5S/c1-23-10-11-26(31(40)36-27-12-13-27)21-29(23)37-33-38-30(32(45-33)44-34(41)35-22-24-6-3-2-4-7-24)25-8-5-9-28(20-25)43-19-16-39-14-17-42-18-15-39/h2-11,20-21,27H,12-19,22H2,1H3,(H,35,41)(H,36,40)(H,37,38). The van der Waals surface area contributed by atoms with E-state index in [0.717, 1.165) is 68.1 Å². The highest BCUT2D eigenvalue weighted by atomic mass is 32.1. The number of aromatic nitrogens is 1. The average Bonchev–Trinajstić information content (AvgIpc) is 3.79. The Morgan fingerprint density at radius 2 is 1.84 bits per heavy atom. The highest BCUT2D eigenvalue weighted by Crippen LogP contribution is 2.40. The van der Waals surface area contributed by atoms with Crippen molar-refractivity contribution in [3.63, 3.8) is 0 Å². The van der Waals surface area contributed by atoms with Crippen LogP contribution in [0.3, 0.4) is 0 Å². The average molecular weight is 628 g/mol. The summed E-state index contributed by atoms with van der Waals surface area (Å²) in [6, 6.07) is 23.1. The van der Waals surface area contributed by atoms with Crippen molar-refractivity contribution in [1.29, 1.82) is 0 Å². The van der Waals surface area contributed by atoms with Crippen molar-refractivity contribution in [1.82, 2.24) is 20.5 Å². The van der Waals surface area contributed by atoms with Gasteiger partial charge in [-0.2, -0.15) is 0 Å². The summed E-state index contributed by atoms with van der Waals surface area (Å²) in [6.07, 6.45) is 1.46. The predicted molar refractivity (Wildman–Crippen MR) is 175 cm³/mol. The highest BCUT2D eigenvalue weighted by molar-refractivity contribution is 7.18. The first kappa shape index (κ1) is 30.6. The van der Waals surface area contributed by atoms with Gasteiger partial charge in [0.2, 0.25) is 5.06 Å². The fraction of sp³-hybridized carbons (Fsp3) is 0.324. The Hall–Kier alpha value is -4.45. The first-order valence-electron chi connectivity index (χ1n) is 15.2. The molecule has 1 saturated heterocycles. The molecule has 2 heterocycles. The van der Waals surface area contributed by atoms with Crippen LogP contribution in [0.25, 0.3) is 11.3 Å². The first-order chi connectivity index (χ1) is 22.0. The van der Waals surface area contributed by atoms with Crippen LogP contribution in [-0.2, 0) is 11.3 Å². The second-order valence-corrected chi connectivity index (χ2v) is 12.1. The van der Waals surface area contributed by atoms with Crippen molar-refractivity contribution in [2.75, 3.05) is 44.8 Å². The molecule has 4 aromatic rings. The summed E-state index contributed by atoms with van der Waals surface area (Å²) in [6.45, 7) is 6.95. The summed E-state index contributed by atoms with van der Waals surface area (Å²) in [7, 11) is 0. The first-order valence-corrected chi connectivity index (χ1v) is 16.0. The Morgan fingerprint density at radius 3 is 2.64 bits per heavy atom. The number of hydrogen-bond donors (Lipinski definition) is 3. The van der Waals surface area contributed by atoms with Gasteiger partial charge in [0.05, 0.1) is 13.2 Å². The van der Waals surface area contributed by atoms with Gasteiger partial charge < -0.3 is 30.2 Å². The number of amides is 2. The van der Waals surface area contributed by atoms with Crippen LogP contribution < -0.4 is 25.4 Å². The number of nitrogens with zero attached hydrogens (tertiary/aromatic N) is 2. The van der Waals surface area contributed by atoms with Gasteiger partial charge in [-0.25, -0.2) is 9.78 Å². The van der Waals surface area contributed by atoms with Crippen LogP contribution in [0, 0.1) is 6.92 Å². The number of benzene rings is 3. The molecule has 2 aliphatic rings. The molecule has 0 bridgehead atoms. The third kappa shape index (κ3) is 8.59. The highest BCUT2D eigenvalue weighted by Gasteiger charge is 2.24. The number of carbonyl (C=O) groups excluding carboxylic acids is 2. The second kappa shape index (κ2) is 14.6. The van der Waals surface area contributed by atoms with Crippen LogP contribution in [0.1, 0.15) is 34.3 Å². The maximum atomic E-state index is 12.9. The van der Waals surface area contributed by atoms with Gasteiger partial charge in [0.25, 0.3) is 5.91 Å². The molecule has 0 unspecified atom stereocenters. The number of morpholine rings is 1. The fourth-order valence-corrected chi connectivity index (χ4v) is 5.71. The molecule has 1 saturated carbocycles. The van der Waals surface area contributed by atoms with Gasteiger partial charge in [-0.05, 0) is 55.2 Å². The number of anilines is 2. The molecular weight excluding hydrogens is 590 g/mol. The van der Waals surface area contributed by atoms with E-state index in [1.807, 2.05) is 79.7 Å². The Bertz CT molecular complexity index is 1620. The lowest BCUT2D eigenvalue weighted by Crippen LogP contribution is -2.38. The van der Waals surface area contributed by atoms with Gasteiger partial charge in [0.15, 0.2) is 5.13 Å². The molecule has 11 heteroatoms. The lowest BCUT2D eigenvalue weighted by atomic mass is 10.1. The molecule has 2 amide bonds. The van der Waals surface area contributed by atoms with Gasteiger partial charge >= 0.3 is 6.09 Å². The maximum absolute atomic E-state index is 12.9. The van der Waals surface area contributed by atoms with E-state index < -0.39 is 6.09 Å². The Kier molecular flexibility index (Phi) is 9.89. The minimum atomic E-state index is -0.580. The van der Waals surface area contributed by atoms with Crippen molar-refractivity contribution in [3.05, 3.63) is 89.5 Å². The molecule has 3 N–H and O–H groups in total. The van der Waals surface area contributed by atoms with Crippen molar-refractivity contribution in [2.45, 2.75) is 32.4 Å². The maximum Gasteiger partial charge on any atom is 0.413 e. The quantitative estimate of drug-likeness (QED) is 0.182. The summed E-state index contributed by atoms with van der Waals surface area (Å²) < 4.78 is 17.3. The number of thiazole rings is 1. The van der Waals surface area contributed by atoms with Crippen LogP contribution in [0.15, 0.2) is 72.8 Å². The normalized spacial score (nSPS) is 14.9. The molecule has 0 spiro atoms. The molecule has 3 aromatic carbocycles. The SMILES string of the molecule is Cc1ccc(C(=O)NC2CC2)cc1Nc1nc(-c2cccc(OCCN3CCOCC3)c2)c(OC(=O)NCc2ccccc2)s1. The van der Waals surface area contributed by atoms with Gasteiger partial charge in [-0.3, -0.25) is 9.69 Å². The fourth-order valence-electron chi connectivity index (χ4n) is 4.86. The number of carbonyl (C=O) groups is 2. The molecular formula is C34H37N5O5S. The Morgan fingerprint density at radius 1 is 1.02 bits per heavy atom. The molecule has 2 fully saturated rings. The zero-order valence-electron chi connectivity index (χ0n) is 25.2. The number of aryl methyl sites for hydroxylation is 1. The molecule has 6 rings (SSSR count). The lowest BCUT2D eigenvalue weighted by Gasteiger charge is -2.26. The molecule has 1 aliphatic heterocycles. The zero-order chi connectivity index (χ0) is 31.0. The minimum absolute atomic E-state index is 0.0927. The lowest BCUT2D eigenvalue weighted by molar-refractivity contribution is 0.0322. The summed E-state index contributed by atoms with van der Waals surface area (Å²) in [4.78, 5) is 32.8. The third-order valence-electron chi connectivity index (χ3n) is 7.60. The van der Waals surface area contributed by atoms with Gasteiger partial charge in [0, 0.05) is 49.0 Å². The Balaban J connectivity index is 1.21. The number of ether oxygens (including phenoxy) is 3. The number of rotatable bonds is 12. The van der Waals surface area contributed by atoms with Crippen LogP contribution in [0.2, 0.25) is 0 Å². The molecule has 1 aromatic heterocycles. The van der Waals surface area contributed by atoms with Crippen LogP contribution in [-0.4, -0.2) is 67.4 Å². The Labute approximate surface area is 266 Å².